The van der Waals surface area contributed by atoms with Crippen molar-refractivity contribution in [2.24, 2.45) is 0 Å². The van der Waals surface area contributed by atoms with E-state index in [-0.39, 0.29) is 24.2 Å². The summed E-state index contributed by atoms with van der Waals surface area (Å²) in [7, 11) is 1.59. The average molecular weight is 345 g/mol. The number of ether oxygens (including phenoxy) is 2. The van der Waals surface area contributed by atoms with E-state index in [4.69, 9.17) is 14.6 Å². The summed E-state index contributed by atoms with van der Waals surface area (Å²) in [5, 5.41) is 13.4. The Morgan fingerprint density at radius 2 is 1.96 bits per heavy atom. The molecule has 1 fully saturated rings. The number of hydrogen-bond acceptors (Lipinski definition) is 5. The fourth-order valence-electron chi connectivity index (χ4n) is 2.73. The Morgan fingerprint density at radius 3 is 2.60 bits per heavy atom. The molecule has 2 atom stereocenters. The fraction of sp³-hybridized carbons (Fsp3) is 0.353. The number of morpholine rings is 1. The summed E-state index contributed by atoms with van der Waals surface area (Å²) in [5.74, 6) is -0.656. The number of carboxylic acids is 1. The number of aromatic nitrogens is 2. The van der Waals surface area contributed by atoms with Gasteiger partial charge in [0.05, 0.1) is 25.4 Å². The van der Waals surface area contributed by atoms with E-state index in [1.807, 2.05) is 12.1 Å². The molecule has 2 heterocycles. The van der Waals surface area contributed by atoms with Gasteiger partial charge in [-0.1, -0.05) is 0 Å². The van der Waals surface area contributed by atoms with Crippen LogP contribution in [0.4, 0.5) is 0 Å². The van der Waals surface area contributed by atoms with Gasteiger partial charge in [0.25, 0.3) is 5.91 Å². The van der Waals surface area contributed by atoms with E-state index in [2.05, 4.69) is 5.10 Å². The maximum Gasteiger partial charge on any atom is 0.334 e. The minimum absolute atomic E-state index is 0.00784. The van der Waals surface area contributed by atoms with Crippen molar-refractivity contribution in [2.75, 3.05) is 20.2 Å². The second-order valence-electron chi connectivity index (χ2n) is 5.83. The van der Waals surface area contributed by atoms with Crippen molar-refractivity contribution >= 4 is 11.9 Å². The van der Waals surface area contributed by atoms with Crippen LogP contribution in [0.15, 0.2) is 36.5 Å². The number of amides is 1. The van der Waals surface area contributed by atoms with Crippen molar-refractivity contribution in [2.45, 2.75) is 19.1 Å². The van der Waals surface area contributed by atoms with E-state index < -0.39 is 12.1 Å². The summed E-state index contributed by atoms with van der Waals surface area (Å²) >= 11 is 0. The Kier molecular flexibility index (Phi) is 4.71. The summed E-state index contributed by atoms with van der Waals surface area (Å²) in [5.41, 5.74) is 1.05. The summed E-state index contributed by atoms with van der Waals surface area (Å²) in [6, 6.07) is 8.89. The lowest BCUT2D eigenvalue weighted by molar-refractivity contribution is -0.160. The topological polar surface area (TPSA) is 93.9 Å². The van der Waals surface area contributed by atoms with Gasteiger partial charge < -0.3 is 19.5 Å². The molecule has 25 heavy (non-hydrogen) atoms. The number of hydrogen-bond donors (Lipinski definition) is 1. The normalized spacial score (nSPS) is 20.3. The largest absolute Gasteiger partial charge is 0.497 e. The van der Waals surface area contributed by atoms with Gasteiger partial charge in [-0.15, -0.1) is 0 Å². The minimum Gasteiger partial charge on any atom is -0.497 e. The molecule has 0 saturated carbocycles. The third-order valence-electron chi connectivity index (χ3n) is 3.97. The second-order valence-corrected chi connectivity index (χ2v) is 5.83. The van der Waals surface area contributed by atoms with E-state index in [1.54, 1.807) is 43.1 Å². The first-order valence-corrected chi connectivity index (χ1v) is 7.85. The predicted octanol–water partition coefficient (Wildman–Crippen LogP) is 1.19. The average Bonchev–Trinajstić information content (AvgIpc) is 3.10. The smallest absolute Gasteiger partial charge is 0.334 e. The van der Waals surface area contributed by atoms with Crippen molar-refractivity contribution in [3.05, 3.63) is 42.2 Å². The molecular formula is C17H19N3O5. The standard InChI is InChI=1S/C17H19N3O5/c1-11-9-19(10-15(25-11)17(22)23)16(21)14-7-8-20(18-14)12-3-5-13(24-2)6-4-12/h3-8,11,15H,9-10H2,1-2H3,(H,22,23)/t11-,15?/m1/s1. The highest BCUT2D eigenvalue weighted by atomic mass is 16.5. The molecule has 2 aromatic rings. The van der Waals surface area contributed by atoms with Crippen LogP contribution >= 0.6 is 0 Å². The molecule has 1 aromatic carbocycles. The third-order valence-corrected chi connectivity index (χ3v) is 3.97. The Hall–Kier alpha value is -2.87. The number of carboxylic acid groups (broad SMARTS) is 1. The Morgan fingerprint density at radius 1 is 1.24 bits per heavy atom. The molecule has 1 aliphatic rings. The van der Waals surface area contributed by atoms with Crippen molar-refractivity contribution in [3.63, 3.8) is 0 Å². The molecule has 1 amide bonds. The molecule has 132 valence electrons. The van der Waals surface area contributed by atoms with Crippen LogP contribution in [0.1, 0.15) is 17.4 Å². The minimum atomic E-state index is -1.08. The maximum absolute atomic E-state index is 12.6. The quantitative estimate of drug-likeness (QED) is 0.895. The van der Waals surface area contributed by atoms with Gasteiger partial charge in [-0.3, -0.25) is 4.79 Å². The first-order valence-electron chi connectivity index (χ1n) is 7.85. The predicted molar refractivity (Wildman–Crippen MR) is 88.0 cm³/mol. The number of nitrogens with zero attached hydrogens (tertiary/aromatic N) is 3. The number of rotatable bonds is 4. The molecule has 1 aliphatic heterocycles. The molecule has 8 heteroatoms. The molecule has 1 N–H and O–H groups in total. The van der Waals surface area contributed by atoms with Crippen molar-refractivity contribution in [1.29, 1.82) is 0 Å². The molecule has 0 spiro atoms. The van der Waals surface area contributed by atoms with Crippen LogP contribution in [-0.2, 0) is 9.53 Å². The Labute approximate surface area is 144 Å². The lowest BCUT2D eigenvalue weighted by Gasteiger charge is -2.34. The van der Waals surface area contributed by atoms with Crippen LogP contribution in [0.25, 0.3) is 5.69 Å². The van der Waals surface area contributed by atoms with Crippen LogP contribution in [-0.4, -0.2) is 64.1 Å². The van der Waals surface area contributed by atoms with Crippen molar-refractivity contribution in [3.8, 4) is 11.4 Å². The van der Waals surface area contributed by atoms with Gasteiger partial charge >= 0.3 is 5.97 Å². The molecule has 8 nitrogen and oxygen atoms in total. The number of carbonyl (C=O) groups is 2. The van der Waals surface area contributed by atoms with Crippen molar-refractivity contribution < 1.29 is 24.2 Å². The Bertz CT molecular complexity index is 771. The third kappa shape index (κ3) is 3.63. The van der Waals surface area contributed by atoms with E-state index in [9.17, 15) is 9.59 Å². The van der Waals surface area contributed by atoms with Crippen LogP contribution in [0.5, 0.6) is 5.75 Å². The monoisotopic (exact) mass is 345 g/mol. The van der Waals surface area contributed by atoms with E-state index in [0.717, 1.165) is 11.4 Å². The van der Waals surface area contributed by atoms with Crippen LogP contribution < -0.4 is 4.74 Å². The van der Waals surface area contributed by atoms with Gasteiger partial charge in [-0.2, -0.15) is 5.10 Å². The highest BCUT2D eigenvalue weighted by Crippen LogP contribution is 2.17. The number of aliphatic carboxylic acids is 1. The molecule has 1 saturated heterocycles. The van der Waals surface area contributed by atoms with E-state index in [0.29, 0.717) is 6.54 Å². The van der Waals surface area contributed by atoms with Gasteiger partial charge in [0, 0.05) is 12.7 Å². The van der Waals surface area contributed by atoms with Gasteiger partial charge in [-0.05, 0) is 37.3 Å². The molecular weight excluding hydrogens is 326 g/mol. The fourth-order valence-corrected chi connectivity index (χ4v) is 2.73. The number of benzene rings is 1. The maximum atomic E-state index is 12.6. The number of carbonyl (C=O) groups excluding carboxylic acids is 1. The molecule has 1 unspecified atom stereocenters. The van der Waals surface area contributed by atoms with Crippen LogP contribution in [0.2, 0.25) is 0 Å². The zero-order chi connectivity index (χ0) is 18.0. The first-order chi connectivity index (χ1) is 12.0. The van der Waals surface area contributed by atoms with E-state index in [1.165, 1.54) is 4.90 Å². The van der Waals surface area contributed by atoms with Crippen LogP contribution in [0.3, 0.4) is 0 Å². The molecule has 3 rings (SSSR count). The summed E-state index contributed by atoms with van der Waals surface area (Å²) in [6.07, 6.45) is 0.326. The first kappa shape index (κ1) is 17.0. The van der Waals surface area contributed by atoms with Gasteiger partial charge in [0.15, 0.2) is 11.8 Å². The molecule has 0 radical (unpaired) electrons. The summed E-state index contributed by atoms with van der Waals surface area (Å²) < 4.78 is 12.0. The SMILES string of the molecule is COc1ccc(-n2ccc(C(=O)N3CC(C(=O)O)O[C@H](C)C3)n2)cc1. The highest BCUT2D eigenvalue weighted by Gasteiger charge is 2.33. The lowest BCUT2D eigenvalue weighted by atomic mass is 10.2. The number of methoxy groups -OCH3 is 1. The van der Waals surface area contributed by atoms with Gasteiger partial charge in [-0.25, -0.2) is 9.48 Å². The summed E-state index contributed by atoms with van der Waals surface area (Å²) in [6.45, 7) is 2.08. The van der Waals surface area contributed by atoms with E-state index >= 15 is 0 Å². The molecule has 0 bridgehead atoms. The second kappa shape index (κ2) is 6.94. The lowest BCUT2D eigenvalue weighted by Crippen LogP contribution is -2.51. The Balaban J connectivity index is 1.76. The van der Waals surface area contributed by atoms with Gasteiger partial charge in [0.2, 0.25) is 0 Å². The van der Waals surface area contributed by atoms with Gasteiger partial charge in [0.1, 0.15) is 5.75 Å². The summed E-state index contributed by atoms with van der Waals surface area (Å²) in [4.78, 5) is 25.3. The van der Waals surface area contributed by atoms with Crippen molar-refractivity contribution in [1.82, 2.24) is 14.7 Å². The van der Waals surface area contributed by atoms with Crippen LogP contribution in [0, 0.1) is 0 Å². The zero-order valence-corrected chi connectivity index (χ0v) is 14.0. The molecule has 0 aliphatic carbocycles. The highest BCUT2D eigenvalue weighted by molar-refractivity contribution is 5.92. The zero-order valence-electron chi connectivity index (χ0n) is 14.0. The molecule has 1 aromatic heterocycles.